The van der Waals surface area contributed by atoms with Gasteiger partial charge in [0.2, 0.25) is 5.91 Å². The fourth-order valence-electron chi connectivity index (χ4n) is 7.81. The van der Waals surface area contributed by atoms with E-state index in [4.69, 9.17) is 0 Å². The second kappa shape index (κ2) is 44.8. The summed E-state index contributed by atoms with van der Waals surface area (Å²) in [6, 6.07) is -0.821. The molecule has 5 heteroatoms. The third-order valence-electron chi connectivity index (χ3n) is 11.6. The second-order valence-corrected chi connectivity index (χ2v) is 17.0. The average Bonchev–Trinajstić information content (AvgIpc) is 3.18. The van der Waals surface area contributed by atoms with Crippen LogP contribution in [0.1, 0.15) is 271 Å². The highest BCUT2D eigenvalue weighted by Crippen LogP contribution is 2.17. The molecule has 54 heavy (non-hydrogen) atoms. The lowest BCUT2D eigenvalue weighted by Gasteiger charge is -2.26. The van der Waals surface area contributed by atoms with Crippen molar-refractivity contribution in [2.45, 2.75) is 289 Å². The number of unbranched alkanes of at least 4 members (excludes halogenated alkanes) is 35. The molecule has 1 amide bonds. The van der Waals surface area contributed by atoms with Gasteiger partial charge in [-0.15, -0.1) is 0 Å². The molecule has 3 unspecified atom stereocenters. The number of allylic oxidation sites excluding steroid dienone is 2. The van der Waals surface area contributed by atoms with Crippen LogP contribution in [0.2, 0.25) is 0 Å². The Kier molecular flexibility index (Phi) is 44.0. The third kappa shape index (κ3) is 39.3. The third-order valence-corrected chi connectivity index (χ3v) is 11.6. The van der Waals surface area contributed by atoms with Crippen LogP contribution >= 0.6 is 0 Å². The van der Waals surface area contributed by atoms with Gasteiger partial charge in [-0.2, -0.15) is 0 Å². The number of carbonyl (C=O) groups is 1. The van der Waals surface area contributed by atoms with Crippen LogP contribution in [0.3, 0.4) is 0 Å². The van der Waals surface area contributed by atoms with E-state index in [-0.39, 0.29) is 12.5 Å². The number of amides is 1. The van der Waals surface area contributed by atoms with Crippen molar-refractivity contribution in [3.8, 4) is 0 Å². The normalized spacial score (nSPS) is 13.5. The first-order valence-electron chi connectivity index (χ1n) is 24.5. The molecule has 322 valence electrons. The Balaban J connectivity index is 3.57. The van der Waals surface area contributed by atoms with Crippen LogP contribution in [-0.4, -0.2) is 46.1 Å². The molecular formula is C49H97NO4. The largest absolute Gasteiger partial charge is 0.394 e. The van der Waals surface area contributed by atoms with Gasteiger partial charge in [0.15, 0.2) is 0 Å². The Morgan fingerprint density at radius 2 is 0.741 bits per heavy atom. The average molecular weight is 764 g/mol. The van der Waals surface area contributed by atoms with Gasteiger partial charge in [-0.3, -0.25) is 4.79 Å². The van der Waals surface area contributed by atoms with E-state index in [1.54, 1.807) is 0 Å². The minimum absolute atomic E-state index is 0.149. The molecule has 0 aromatic carbocycles. The minimum atomic E-state index is -1.15. The first-order chi connectivity index (χ1) is 26.6. The van der Waals surface area contributed by atoms with Crippen LogP contribution < -0.4 is 5.32 Å². The Labute approximate surface area is 338 Å². The molecule has 0 saturated heterocycles. The van der Waals surface area contributed by atoms with Crippen molar-refractivity contribution in [3.63, 3.8) is 0 Å². The molecule has 0 fully saturated rings. The van der Waals surface area contributed by atoms with Gasteiger partial charge in [0.1, 0.15) is 6.10 Å². The number of hydrogen-bond donors (Lipinski definition) is 4. The quantitative estimate of drug-likeness (QED) is 0.0367. The molecule has 0 aromatic heterocycles. The summed E-state index contributed by atoms with van der Waals surface area (Å²) in [4.78, 5) is 12.5. The van der Waals surface area contributed by atoms with E-state index in [0.29, 0.717) is 12.8 Å². The molecule has 0 aliphatic rings. The Morgan fingerprint density at radius 1 is 0.444 bits per heavy atom. The molecule has 4 N–H and O–H groups in total. The number of hydrogen-bond acceptors (Lipinski definition) is 4. The first kappa shape index (κ1) is 53.1. The van der Waals surface area contributed by atoms with Crippen molar-refractivity contribution in [1.82, 2.24) is 5.32 Å². The molecule has 0 bridgehead atoms. The highest BCUT2D eigenvalue weighted by molar-refractivity contribution is 5.76. The lowest BCUT2D eigenvalue weighted by atomic mass is 10.0. The summed E-state index contributed by atoms with van der Waals surface area (Å²) in [5, 5.41) is 33.6. The Hall–Kier alpha value is -0.910. The predicted octanol–water partition coefficient (Wildman–Crippen LogP) is 14.4. The zero-order valence-corrected chi connectivity index (χ0v) is 36.6. The molecule has 0 saturated carbocycles. The smallest absolute Gasteiger partial charge is 0.220 e. The standard InChI is InChI=1S/C49H97NO4/c1-3-5-7-9-11-13-15-17-19-21-22-23-24-25-26-28-30-32-34-36-38-40-42-44-48(53)50-46(45-51)49(54)47(52)43-41-39-37-35-33-31-29-27-20-18-16-14-12-10-8-6-4-2/h35,37,46-47,49,51-52,54H,3-34,36,38-45H2,1-2H3,(H,50,53)/b37-35+. The second-order valence-electron chi connectivity index (χ2n) is 17.0. The van der Waals surface area contributed by atoms with Gasteiger partial charge in [-0.25, -0.2) is 0 Å². The number of nitrogens with one attached hydrogen (secondary N) is 1. The lowest BCUT2D eigenvalue weighted by Crippen LogP contribution is -2.50. The number of aliphatic hydroxyl groups is 3. The predicted molar refractivity (Wildman–Crippen MR) is 236 cm³/mol. The van der Waals surface area contributed by atoms with E-state index in [1.807, 2.05) is 0 Å². The van der Waals surface area contributed by atoms with E-state index in [1.165, 1.54) is 205 Å². The van der Waals surface area contributed by atoms with Gasteiger partial charge < -0.3 is 20.6 Å². The molecule has 0 aliphatic heterocycles. The van der Waals surface area contributed by atoms with E-state index in [9.17, 15) is 20.1 Å². The highest BCUT2D eigenvalue weighted by Gasteiger charge is 2.26. The minimum Gasteiger partial charge on any atom is -0.394 e. The van der Waals surface area contributed by atoms with Crippen LogP contribution in [0.25, 0.3) is 0 Å². The Bertz CT molecular complexity index is 758. The molecule has 0 heterocycles. The van der Waals surface area contributed by atoms with E-state index >= 15 is 0 Å². The zero-order chi connectivity index (χ0) is 39.4. The summed E-state index contributed by atoms with van der Waals surface area (Å²) in [6.45, 7) is 4.19. The number of aliphatic hydroxyl groups excluding tert-OH is 3. The van der Waals surface area contributed by atoms with Crippen LogP contribution in [0.15, 0.2) is 12.2 Å². The summed E-state index contributed by atoms with van der Waals surface area (Å²) in [7, 11) is 0. The molecule has 5 nitrogen and oxygen atoms in total. The number of rotatable bonds is 45. The Morgan fingerprint density at radius 3 is 1.07 bits per heavy atom. The van der Waals surface area contributed by atoms with E-state index < -0.39 is 18.2 Å². The maximum absolute atomic E-state index is 12.5. The maximum atomic E-state index is 12.5. The molecule has 0 aromatic rings. The highest BCUT2D eigenvalue weighted by atomic mass is 16.3. The summed E-state index contributed by atoms with van der Waals surface area (Å²) in [6.07, 6.45) is 53.4. The van der Waals surface area contributed by atoms with Crippen LogP contribution in [0, 0.1) is 0 Å². The van der Waals surface area contributed by atoms with Crippen molar-refractivity contribution in [2.24, 2.45) is 0 Å². The van der Waals surface area contributed by atoms with Gasteiger partial charge in [0.25, 0.3) is 0 Å². The van der Waals surface area contributed by atoms with Crippen molar-refractivity contribution in [3.05, 3.63) is 12.2 Å². The van der Waals surface area contributed by atoms with E-state index in [0.717, 1.165) is 38.5 Å². The first-order valence-corrected chi connectivity index (χ1v) is 24.5. The monoisotopic (exact) mass is 764 g/mol. The van der Waals surface area contributed by atoms with Crippen LogP contribution in [-0.2, 0) is 4.79 Å². The zero-order valence-electron chi connectivity index (χ0n) is 36.6. The molecular weight excluding hydrogens is 667 g/mol. The van der Waals surface area contributed by atoms with Crippen LogP contribution in [0.4, 0.5) is 0 Å². The van der Waals surface area contributed by atoms with Gasteiger partial charge in [0, 0.05) is 6.42 Å². The van der Waals surface area contributed by atoms with Crippen molar-refractivity contribution in [1.29, 1.82) is 0 Å². The fraction of sp³-hybridized carbons (Fsp3) is 0.939. The van der Waals surface area contributed by atoms with Gasteiger partial charge in [-0.1, -0.05) is 238 Å². The summed E-state index contributed by atoms with van der Waals surface area (Å²) in [5.41, 5.74) is 0. The summed E-state index contributed by atoms with van der Waals surface area (Å²) >= 11 is 0. The number of carbonyl (C=O) groups excluding carboxylic acids is 1. The van der Waals surface area contributed by atoms with Gasteiger partial charge in [-0.05, 0) is 38.5 Å². The molecule has 0 radical (unpaired) electrons. The maximum Gasteiger partial charge on any atom is 0.220 e. The molecule has 3 atom stereocenters. The van der Waals surface area contributed by atoms with Crippen molar-refractivity contribution in [2.75, 3.05) is 6.61 Å². The topological polar surface area (TPSA) is 89.8 Å². The molecule has 0 spiro atoms. The SMILES string of the molecule is CCCCCCCCCCCCCC/C=C/CCCC(O)C(O)C(CO)NC(=O)CCCCCCCCCCCCCCCCCCCCCCCCC. The van der Waals surface area contributed by atoms with Gasteiger partial charge >= 0.3 is 0 Å². The van der Waals surface area contributed by atoms with Gasteiger partial charge in [0.05, 0.1) is 18.8 Å². The molecule has 0 rings (SSSR count). The lowest BCUT2D eigenvalue weighted by molar-refractivity contribution is -0.124. The van der Waals surface area contributed by atoms with Crippen molar-refractivity contribution >= 4 is 5.91 Å². The summed E-state index contributed by atoms with van der Waals surface area (Å²) in [5.74, 6) is -0.149. The van der Waals surface area contributed by atoms with Crippen LogP contribution in [0.5, 0.6) is 0 Å². The van der Waals surface area contributed by atoms with Crippen molar-refractivity contribution < 1.29 is 20.1 Å². The molecule has 0 aliphatic carbocycles. The summed E-state index contributed by atoms with van der Waals surface area (Å²) < 4.78 is 0. The fourth-order valence-corrected chi connectivity index (χ4v) is 7.81. The van der Waals surface area contributed by atoms with E-state index in [2.05, 4.69) is 31.3 Å².